The van der Waals surface area contributed by atoms with Crippen LogP contribution in [0.15, 0.2) is 35.1 Å². The number of pyridine rings is 1. The van der Waals surface area contributed by atoms with Gasteiger partial charge >= 0.3 is 0 Å². The maximum absolute atomic E-state index is 4.29. The molecule has 84 valence electrons. The number of aromatic amines is 1. The smallest absolute Gasteiger partial charge is 0.126 e. The number of hydrogen-bond acceptors (Lipinski definition) is 2. The summed E-state index contributed by atoms with van der Waals surface area (Å²) in [5, 5.41) is 3.30. The van der Waals surface area contributed by atoms with Crippen molar-refractivity contribution in [3.05, 3.63) is 46.3 Å². The standard InChI is InChI=1S/C12H14BrN3/c1-9-7-12(16-8-11(9)13)15-6-4-10-3-2-5-14-10/h2-3,5,7-8,14H,4,6H2,1H3,(H,15,16). The van der Waals surface area contributed by atoms with Crippen LogP contribution in [-0.4, -0.2) is 16.5 Å². The highest BCUT2D eigenvalue weighted by Gasteiger charge is 1.98. The number of nitrogens with zero attached hydrogens (tertiary/aromatic N) is 1. The van der Waals surface area contributed by atoms with Gasteiger partial charge in [0.05, 0.1) is 0 Å². The number of aromatic nitrogens is 2. The third-order valence-corrected chi connectivity index (χ3v) is 3.24. The van der Waals surface area contributed by atoms with Gasteiger partial charge in [-0.25, -0.2) is 4.98 Å². The first-order valence-electron chi connectivity index (χ1n) is 5.24. The Morgan fingerprint density at radius 2 is 2.38 bits per heavy atom. The molecule has 0 saturated carbocycles. The van der Waals surface area contributed by atoms with Gasteiger partial charge in [0, 0.05) is 35.5 Å². The molecule has 0 bridgehead atoms. The van der Waals surface area contributed by atoms with E-state index in [9.17, 15) is 0 Å². The Balaban J connectivity index is 1.87. The number of anilines is 1. The molecule has 0 aliphatic carbocycles. The Bertz CT molecular complexity index is 451. The summed E-state index contributed by atoms with van der Waals surface area (Å²) in [6.07, 6.45) is 4.74. The van der Waals surface area contributed by atoms with E-state index < -0.39 is 0 Å². The van der Waals surface area contributed by atoms with E-state index in [2.05, 4.69) is 44.2 Å². The van der Waals surface area contributed by atoms with E-state index in [4.69, 9.17) is 0 Å². The van der Waals surface area contributed by atoms with Crippen LogP contribution in [0.2, 0.25) is 0 Å². The molecule has 16 heavy (non-hydrogen) atoms. The SMILES string of the molecule is Cc1cc(NCCc2ccc[nH]2)ncc1Br. The molecule has 2 rings (SSSR count). The molecule has 4 heteroatoms. The Morgan fingerprint density at radius 1 is 1.50 bits per heavy atom. The molecule has 0 aliphatic rings. The topological polar surface area (TPSA) is 40.7 Å². The van der Waals surface area contributed by atoms with Crippen LogP contribution < -0.4 is 5.32 Å². The van der Waals surface area contributed by atoms with Gasteiger partial charge in [-0.1, -0.05) is 0 Å². The molecule has 0 radical (unpaired) electrons. The van der Waals surface area contributed by atoms with Gasteiger partial charge in [0.15, 0.2) is 0 Å². The lowest BCUT2D eigenvalue weighted by molar-refractivity contribution is 0.967. The van der Waals surface area contributed by atoms with Crippen LogP contribution in [0.3, 0.4) is 0 Å². The first-order chi connectivity index (χ1) is 7.75. The average molecular weight is 280 g/mol. The normalized spacial score (nSPS) is 10.4. The fraction of sp³-hybridized carbons (Fsp3) is 0.250. The number of hydrogen-bond donors (Lipinski definition) is 2. The first kappa shape index (κ1) is 11.2. The monoisotopic (exact) mass is 279 g/mol. The quantitative estimate of drug-likeness (QED) is 0.903. The van der Waals surface area contributed by atoms with Crippen molar-refractivity contribution < 1.29 is 0 Å². The van der Waals surface area contributed by atoms with Gasteiger partial charge in [-0.15, -0.1) is 0 Å². The molecule has 0 spiro atoms. The summed E-state index contributed by atoms with van der Waals surface area (Å²) in [5.74, 6) is 0.923. The zero-order chi connectivity index (χ0) is 11.4. The van der Waals surface area contributed by atoms with Crippen molar-refractivity contribution in [1.82, 2.24) is 9.97 Å². The van der Waals surface area contributed by atoms with E-state index in [1.54, 1.807) is 0 Å². The molecular formula is C12H14BrN3. The summed E-state index contributed by atoms with van der Waals surface area (Å²) in [6.45, 7) is 2.94. The van der Waals surface area contributed by atoms with Crippen LogP contribution in [0, 0.1) is 6.92 Å². The van der Waals surface area contributed by atoms with Gasteiger partial charge in [-0.2, -0.15) is 0 Å². The second-order valence-corrected chi connectivity index (χ2v) is 4.55. The van der Waals surface area contributed by atoms with Gasteiger partial charge in [0.2, 0.25) is 0 Å². The fourth-order valence-electron chi connectivity index (χ4n) is 1.48. The maximum atomic E-state index is 4.29. The Kier molecular flexibility index (Phi) is 3.62. The summed E-state index contributed by atoms with van der Waals surface area (Å²) in [5.41, 5.74) is 2.43. The number of halogens is 1. The van der Waals surface area contributed by atoms with Crippen molar-refractivity contribution in [3.8, 4) is 0 Å². The van der Waals surface area contributed by atoms with E-state index in [-0.39, 0.29) is 0 Å². The predicted octanol–water partition coefficient (Wildman–Crippen LogP) is 3.14. The van der Waals surface area contributed by atoms with Crippen LogP contribution >= 0.6 is 15.9 Å². The lowest BCUT2D eigenvalue weighted by atomic mass is 10.3. The zero-order valence-electron chi connectivity index (χ0n) is 9.13. The lowest BCUT2D eigenvalue weighted by Crippen LogP contribution is -2.06. The van der Waals surface area contributed by atoms with Gasteiger partial charge in [0.25, 0.3) is 0 Å². The predicted molar refractivity (Wildman–Crippen MR) is 69.7 cm³/mol. The van der Waals surface area contributed by atoms with Crippen molar-refractivity contribution in [2.75, 3.05) is 11.9 Å². The molecule has 0 unspecified atom stereocenters. The average Bonchev–Trinajstić information content (AvgIpc) is 2.76. The number of rotatable bonds is 4. The summed E-state index contributed by atoms with van der Waals surface area (Å²) in [6, 6.07) is 6.14. The molecule has 0 aliphatic heterocycles. The first-order valence-corrected chi connectivity index (χ1v) is 6.03. The third-order valence-electron chi connectivity index (χ3n) is 2.41. The minimum Gasteiger partial charge on any atom is -0.370 e. The summed E-state index contributed by atoms with van der Waals surface area (Å²) >= 11 is 3.43. The molecule has 2 heterocycles. The molecule has 0 saturated heterocycles. The van der Waals surface area contributed by atoms with Gasteiger partial charge in [0.1, 0.15) is 5.82 Å². The van der Waals surface area contributed by atoms with E-state index >= 15 is 0 Å². The van der Waals surface area contributed by atoms with E-state index in [0.717, 1.165) is 23.3 Å². The summed E-state index contributed by atoms with van der Waals surface area (Å²) < 4.78 is 1.04. The Hall–Kier alpha value is -1.29. The minimum absolute atomic E-state index is 0.884. The van der Waals surface area contributed by atoms with Crippen LogP contribution in [-0.2, 0) is 6.42 Å². The van der Waals surface area contributed by atoms with E-state index in [1.165, 1.54) is 11.3 Å². The van der Waals surface area contributed by atoms with Crippen LogP contribution in [0.1, 0.15) is 11.3 Å². The molecule has 0 aromatic carbocycles. The van der Waals surface area contributed by atoms with Gasteiger partial charge in [-0.05, 0) is 46.6 Å². The molecule has 2 aromatic rings. The largest absolute Gasteiger partial charge is 0.370 e. The molecule has 0 fully saturated rings. The summed E-state index contributed by atoms with van der Waals surface area (Å²) in [4.78, 5) is 7.47. The van der Waals surface area contributed by atoms with Crippen molar-refractivity contribution >= 4 is 21.7 Å². The highest BCUT2D eigenvalue weighted by Crippen LogP contribution is 2.17. The maximum Gasteiger partial charge on any atom is 0.126 e. The number of nitrogens with one attached hydrogen (secondary N) is 2. The van der Waals surface area contributed by atoms with Crippen LogP contribution in [0.5, 0.6) is 0 Å². The van der Waals surface area contributed by atoms with Crippen molar-refractivity contribution in [3.63, 3.8) is 0 Å². The van der Waals surface area contributed by atoms with Crippen molar-refractivity contribution in [1.29, 1.82) is 0 Å². The zero-order valence-corrected chi connectivity index (χ0v) is 10.7. The third kappa shape index (κ3) is 2.85. The number of H-pyrrole nitrogens is 1. The molecular weight excluding hydrogens is 266 g/mol. The highest BCUT2D eigenvalue weighted by molar-refractivity contribution is 9.10. The summed E-state index contributed by atoms with van der Waals surface area (Å²) in [7, 11) is 0. The number of aryl methyl sites for hydroxylation is 1. The van der Waals surface area contributed by atoms with Gasteiger partial charge in [-0.3, -0.25) is 0 Å². The highest BCUT2D eigenvalue weighted by atomic mass is 79.9. The van der Waals surface area contributed by atoms with Gasteiger partial charge < -0.3 is 10.3 Å². The second-order valence-electron chi connectivity index (χ2n) is 3.69. The fourth-order valence-corrected chi connectivity index (χ4v) is 1.70. The van der Waals surface area contributed by atoms with Crippen LogP contribution in [0.25, 0.3) is 0 Å². The molecule has 3 nitrogen and oxygen atoms in total. The molecule has 0 atom stereocenters. The Labute approximate surface area is 103 Å². The molecule has 0 amide bonds. The van der Waals surface area contributed by atoms with E-state index in [1.807, 2.05) is 24.5 Å². The second kappa shape index (κ2) is 5.16. The Morgan fingerprint density at radius 3 is 3.06 bits per heavy atom. The molecule has 2 N–H and O–H groups in total. The van der Waals surface area contributed by atoms with Crippen molar-refractivity contribution in [2.24, 2.45) is 0 Å². The minimum atomic E-state index is 0.884. The van der Waals surface area contributed by atoms with Crippen molar-refractivity contribution in [2.45, 2.75) is 13.3 Å². The van der Waals surface area contributed by atoms with Crippen LogP contribution in [0.4, 0.5) is 5.82 Å². The lowest BCUT2D eigenvalue weighted by Gasteiger charge is -2.06. The van der Waals surface area contributed by atoms with E-state index in [0.29, 0.717) is 0 Å². The molecule has 2 aromatic heterocycles.